The highest BCUT2D eigenvalue weighted by molar-refractivity contribution is 6.01. The van der Waals surface area contributed by atoms with Gasteiger partial charge in [-0.05, 0) is 116 Å². The van der Waals surface area contributed by atoms with Gasteiger partial charge in [-0.1, -0.05) is 104 Å². The van der Waals surface area contributed by atoms with E-state index in [1.54, 1.807) is 0 Å². The summed E-state index contributed by atoms with van der Waals surface area (Å²) in [7, 11) is 0. The molecule has 0 aromatic carbocycles. The standard InChI is InChI=1S/C52H54N4/c1-49(2)21-25-9-13-29(49)45-37-17-34-42-26-10-14-31(50(3,4)22-26)47(42)39(54-34)19-36-44-28-12-16-32(52(7,8)24-28)48(44)40(56-36)20-35-43-27-11-15-30(51(5,6)23-27)46(43)38(55-35)18-33(53-37)41(25)45/h9-20,25-32,53,56H,21-24H2,1-8H3. The fraction of sp³-hybridized carbons (Fsp3) is 0.462. The van der Waals surface area contributed by atoms with E-state index in [1.807, 2.05) is 0 Å². The summed E-state index contributed by atoms with van der Waals surface area (Å²) in [5.74, 6) is 2.96. The summed E-state index contributed by atoms with van der Waals surface area (Å²) >= 11 is 0. The van der Waals surface area contributed by atoms with Crippen molar-refractivity contribution in [3.63, 3.8) is 0 Å². The molecule has 0 spiro atoms. The smallest absolute Gasteiger partial charge is 0.0699 e. The van der Waals surface area contributed by atoms with Crippen LogP contribution in [0.2, 0.25) is 0 Å². The van der Waals surface area contributed by atoms with Crippen molar-refractivity contribution in [2.75, 3.05) is 0 Å². The summed E-state index contributed by atoms with van der Waals surface area (Å²) < 4.78 is 0. The van der Waals surface area contributed by atoms with Crippen molar-refractivity contribution < 1.29 is 0 Å². The van der Waals surface area contributed by atoms with Crippen molar-refractivity contribution in [3.05, 3.63) is 118 Å². The number of fused-ring (bicyclic) bond motifs is 12. The van der Waals surface area contributed by atoms with Gasteiger partial charge in [0.15, 0.2) is 0 Å². The van der Waals surface area contributed by atoms with Gasteiger partial charge in [-0.2, -0.15) is 0 Å². The van der Waals surface area contributed by atoms with Crippen LogP contribution in [0.5, 0.6) is 0 Å². The highest BCUT2D eigenvalue weighted by atomic mass is 14.8. The van der Waals surface area contributed by atoms with Crippen LogP contribution in [-0.2, 0) is 0 Å². The Hall–Kier alpha value is -4.44. The van der Waals surface area contributed by atoms with Gasteiger partial charge in [0, 0.05) is 69.4 Å². The highest BCUT2D eigenvalue weighted by Crippen LogP contribution is 2.63. The zero-order chi connectivity index (χ0) is 38.0. The van der Waals surface area contributed by atoms with Crippen LogP contribution in [0.4, 0.5) is 0 Å². The fourth-order valence-corrected chi connectivity index (χ4v) is 14.3. The molecule has 4 heteroatoms. The molecule has 3 aromatic rings. The van der Waals surface area contributed by atoms with E-state index in [0.717, 1.165) is 22.8 Å². The molecule has 0 radical (unpaired) electrons. The predicted octanol–water partition coefficient (Wildman–Crippen LogP) is 12.9. The monoisotopic (exact) mass is 734 g/mol. The van der Waals surface area contributed by atoms with Gasteiger partial charge in [-0.15, -0.1) is 0 Å². The maximum absolute atomic E-state index is 5.73. The van der Waals surface area contributed by atoms with Crippen LogP contribution in [0.25, 0.3) is 44.4 Å². The molecule has 0 amide bonds. The predicted molar refractivity (Wildman–Crippen MR) is 230 cm³/mol. The lowest BCUT2D eigenvalue weighted by Crippen LogP contribution is -2.34. The van der Waals surface area contributed by atoms with E-state index in [-0.39, 0.29) is 21.7 Å². The number of aromatic nitrogens is 4. The lowest BCUT2D eigenvalue weighted by Gasteiger charge is -2.45. The molecule has 0 saturated carbocycles. The van der Waals surface area contributed by atoms with Gasteiger partial charge >= 0.3 is 0 Å². The fourth-order valence-electron chi connectivity index (χ4n) is 14.3. The maximum atomic E-state index is 5.73. The quantitative estimate of drug-likeness (QED) is 0.226. The molecule has 4 nitrogen and oxygen atoms in total. The van der Waals surface area contributed by atoms with Gasteiger partial charge < -0.3 is 9.97 Å². The maximum Gasteiger partial charge on any atom is 0.0699 e. The SMILES string of the molecule is CC1(C)CC2C=CC1C1=C2c2cc3[nH]c(cc4nc(cc5[nH]c(cc1n2)c1c5C2C=CC1CC2(C)C)C1=C4C2C=CC1CC2(C)C)c1c3C2C=CC1CC2(C)C. The summed E-state index contributed by atoms with van der Waals surface area (Å²) in [5.41, 5.74) is 22.2. The second kappa shape index (κ2) is 9.98. The molecular formula is C52H54N4. The normalized spacial score (nSPS) is 34.3. The van der Waals surface area contributed by atoms with Crippen molar-refractivity contribution in [1.82, 2.24) is 19.9 Å². The van der Waals surface area contributed by atoms with Crippen LogP contribution in [0.1, 0.15) is 150 Å². The molecule has 0 fully saturated rings. The summed E-state index contributed by atoms with van der Waals surface area (Å²) in [6.07, 6.45) is 24.8. The first-order valence-electron chi connectivity index (χ1n) is 21.7. The molecule has 3 aromatic heterocycles. The summed E-state index contributed by atoms with van der Waals surface area (Å²) in [6, 6.07) is 9.87. The number of hydrogen-bond donors (Lipinski definition) is 2. The van der Waals surface area contributed by atoms with E-state index < -0.39 is 0 Å². The molecule has 17 rings (SSSR count). The van der Waals surface area contributed by atoms with Gasteiger partial charge in [0.1, 0.15) is 0 Å². The Morgan fingerprint density at radius 3 is 1.05 bits per heavy atom. The Morgan fingerprint density at radius 2 is 0.679 bits per heavy atom. The average molecular weight is 735 g/mol. The number of rotatable bonds is 0. The zero-order valence-corrected chi connectivity index (χ0v) is 34.3. The molecule has 8 unspecified atom stereocenters. The van der Waals surface area contributed by atoms with Crippen molar-refractivity contribution in [3.8, 4) is 0 Å². The molecule has 12 aliphatic carbocycles. The molecule has 56 heavy (non-hydrogen) atoms. The van der Waals surface area contributed by atoms with Gasteiger partial charge in [0.2, 0.25) is 0 Å². The minimum atomic E-state index is 0.186. The average Bonchev–Trinajstić information content (AvgIpc) is 3.88. The van der Waals surface area contributed by atoms with Gasteiger partial charge in [-0.25, -0.2) is 9.97 Å². The van der Waals surface area contributed by atoms with Crippen LogP contribution in [0.15, 0.2) is 72.9 Å². The first-order valence-corrected chi connectivity index (χ1v) is 21.7. The Labute approximate surface area is 331 Å². The Morgan fingerprint density at radius 1 is 0.375 bits per heavy atom. The topological polar surface area (TPSA) is 57.4 Å². The summed E-state index contributed by atoms with van der Waals surface area (Å²) in [5, 5.41) is 0. The molecule has 282 valence electrons. The van der Waals surface area contributed by atoms with Gasteiger partial charge in [0.25, 0.3) is 0 Å². The second-order valence-corrected chi connectivity index (χ2v) is 22.2. The van der Waals surface area contributed by atoms with Crippen LogP contribution < -0.4 is 0 Å². The molecule has 2 aliphatic heterocycles. The third kappa shape index (κ3) is 3.97. The minimum Gasteiger partial charge on any atom is -0.355 e. The van der Waals surface area contributed by atoms with Crippen LogP contribution in [0.3, 0.4) is 0 Å². The Bertz CT molecular complexity index is 2570. The van der Waals surface area contributed by atoms with Gasteiger partial charge in [-0.3, -0.25) is 0 Å². The third-order valence-electron chi connectivity index (χ3n) is 16.8. The molecule has 16 bridgehead atoms. The number of hydrogen-bond acceptors (Lipinski definition) is 2. The van der Waals surface area contributed by atoms with Crippen LogP contribution in [0, 0.1) is 45.3 Å². The molecular weight excluding hydrogens is 681 g/mol. The second-order valence-electron chi connectivity index (χ2n) is 22.2. The lowest BCUT2D eigenvalue weighted by atomic mass is 9.58. The Balaban J connectivity index is 1.19. The first-order chi connectivity index (χ1) is 26.7. The number of nitrogens with zero attached hydrogens (tertiary/aromatic N) is 2. The Kier molecular flexibility index (Phi) is 5.81. The minimum absolute atomic E-state index is 0.186. The van der Waals surface area contributed by atoms with E-state index in [0.29, 0.717) is 47.3 Å². The van der Waals surface area contributed by atoms with E-state index in [9.17, 15) is 0 Å². The molecule has 5 heterocycles. The van der Waals surface area contributed by atoms with Crippen LogP contribution in [-0.4, -0.2) is 19.9 Å². The van der Waals surface area contributed by atoms with Gasteiger partial charge in [0.05, 0.1) is 22.8 Å². The molecule has 2 N–H and O–H groups in total. The summed E-state index contributed by atoms with van der Waals surface area (Å²) in [6.45, 7) is 19.8. The van der Waals surface area contributed by atoms with Crippen molar-refractivity contribution in [1.29, 1.82) is 0 Å². The van der Waals surface area contributed by atoms with E-state index in [1.165, 1.54) is 92.3 Å². The van der Waals surface area contributed by atoms with E-state index >= 15 is 0 Å². The van der Waals surface area contributed by atoms with Crippen molar-refractivity contribution in [2.45, 2.75) is 105 Å². The zero-order valence-electron chi connectivity index (χ0n) is 34.3. The van der Waals surface area contributed by atoms with Crippen molar-refractivity contribution in [2.24, 2.45) is 45.3 Å². The van der Waals surface area contributed by atoms with E-state index in [2.05, 4.69) is 138 Å². The first kappa shape index (κ1) is 32.6. The molecule has 8 atom stereocenters. The van der Waals surface area contributed by atoms with Crippen molar-refractivity contribution >= 4 is 44.4 Å². The van der Waals surface area contributed by atoms with Crippen LogP contribution >= 0.6 is 0 Å². The largest absolute Gasteiger partial charge is 0.355 e. The lowest BCUT2D eigenvalue weighted by molar-refractivity contribution is 0.243. The number of nitrogens with one attached hydrogen (secondary N) is 2. The number of aromatic amines is 2. The number of allylic oxidation sites excluding steroid dienone is 12. The highest BCUT2D eigenvalue weighted by Gasteiger charge is 2.50. The van der Waals surface area contributed by atoms with E-state index in [4.69, 9.17) is 9.97 Å². The number of H-pyrrole nitrogens is 2. The molecule has 14 aliphatic rings. The molecule has 0 saturated heterocycles. The third-order valence-corrected chi connectivity index (χ3v) is 16.8. The summed E-state index contributed by atoms with van der Waals surface area (Å²) in [4.78, 5) is 19.7.